The Bertz CT molecular complexity index is 292. The summed E-state index contributed by atoms with van der Waals surface area (Å²) < 4.78 is 0. The first-order chi connectivity index (χ1) is 7.66. The van der Waals surface area contributed by atoms with Crippen molar-refractivity contribution in [1.29, 1.82) is 0 Å². The van der Waals surface area contributed by atoms with Crippen LogP contribution in [0.5, 0.6) is 0 Å². The summed E-state index contributed by atoms with van der Waals surface area (Å²) >= 11 is 0. The molecule has 0 bridgehead atoms. The number of amides is 2. The molecule has 17 heavy (non-hydrogen) atoms. The zero-order valence-electron chi connectivity index (χ0n) is 10.1. The van der Waals surface area contributed by atoms with Gasteiger partial charge in [0.25, 0.3) is 0 Å². The Balaban J connectivity index is 0.00000144. The lowest BCUT2D eigenvalue weighted by molar-refractivity contribution is -0.128. The molecule has 2 fully saturated rings. The second kappa shape index (κ2) is 6.21. The molecule has 0 spiro atoms. The Morgan fingerprint density at radius 1 is 1.53 bits per heavy atom. The predicted octanol–water partition coefficient (Wildman–Crippen LogP) is -0.245. The van der Waals surface area contributed by atoms with Gasteiger partial charge < -0.3 is 15.5 Å². The molecule has 0 aliphatic carbocycles. The summed E-state index contributed by atoms with van der Waals surface area (Å²) in [5.74, 6) is -0.0484. The minimum Gasteiger partial charge on any atom is -0.352 e. The third-order valence-electron chi connectivity index (χ3n) is 3.36. The summed E-state index contributed by atoms with van der Waals surface area (Å²) in [5, 5.41) is 6.28. The predicted molar refractivity (Wildman–Crippen MR) is 67.0 cm³/mol. The molecule has 2 saturated heterocycles. The summed E-state index contributed by atoms with van der Waals surface area (Å²) in [6, 6.07) is 0.238. The van der Waals surface area contributed by atoms with Gasteiger partial charge >= 0.3 is 0 Å². The molecular weight excluding hydrogens is 242 g/mol. The van der Waals surface area contributed by atoms with Crippen LogP contribution in [0, 0.1) is 5.92 Å². The Kier molecular flexibility index (Phi) is 5.21. The smallest absolute Gasteiger partial charge is 0.225 e. The van der Waals surface area contributed by atoms with E-state index in [-0.39, 0.29) is 36.2 Å². The van der Waals surface area contributed by atoms with E-state index in [2.05, 4.69) is 10.6 Å². The summed E-state index contributed by atoms with van der Waals surface area (Å²) in [5.41, 5.74) is 0. The fraction of sp³-hybridized carbons (Fsp3) is 0.818. The summed E-state index contributed by atoms with van der Waals surface area (Å²) in [6.45, 7) is 2.45. The van der Waals surface area contributed by atoms with E-state index in [1.54, 1.807) is 11.9 Å². The molecular formula is C11H20ClN3O2. The number of halogens is 1. The van der Waals surface area contributed by atoms with Crippen molar-refractivity contribution in [2.45, 2.75) is 25.3 Å². The van der Waals surface area contributed by atoms with Crippen molar-refractivity contribution < 1.29 is 9.59 Å². The number of carbonyl (C=O) groups is 2. The van der Waals surface area contributed by atoms with E-state index >= 15 is 0 Å². The van der Waals surface area contributed by atoms with Crippen molar-refractivity contribution >= 4 is 24.2 Å². The van der Waals surface area contributed by atoms with Crippen LogP contribution in [0.3, 0.4) is 0 Å². The summed E-state index contributed by atoms with van der Waals surface area (Å²) in [7, 11) is 1.75. The monoisotopic (exact) mass is 261 g/mol. The molecule has 0 aromatic heterocycles. The summed E-state index contributed by atoms with van der Waals surface area (Å²) in [6.07, 6.45) is 2.51. The average molecular weight is 262 g/mol. The van der Waals surface area contributed by atoms with Crippen molar-refractivity contribution in [3.8, 4) is 0 Å². The van der Waals surface area contributed by atoms with Gasteiger partial charge in [-0.1, -0.05) is 0 Å². The normalized spacial score (nSPS) is 28.8. The summed E-state index contributed by atoms with van der Waals surface area (Å²) in [4.78, 5) is 24.8. The molecule has 0 radical (unpaired) electrons. The van der Waals surface area contributed by atoms with Crippen molar-refractivity contribution in [3.63, 3.8) is 0 Å². The lowest BCUT2D eigenvalue weighted by Crippen LogP contribution is -2.47. The van der Waals surface area contributed by atoms with Crippen LogP contribution in [0.4, 0.5) is 0 Å². The third kappa shape index (κ3) is 3.57. The van der Waals surface area contributed by atoms with Gasteiger partial charge in [-0.15, -0.1) is 12.4 Å². The van der Waals surface area contributed by atoms with E-state index < -0.39 is 0 Å². The van der Waals surface area contributed by atoms with Gasteiger partial charge in [-0.25, -0.2) is 0 Å². The van der Waals surface area contributed by atoms with E-state index in [0.29, 0.717) is 13.0 Å². The first kappa shape index (κ1) is 14.3. The van der Waals surface area contributed by atoms with E-state index in [1.807, 2.05) is 0 Å². The highest BCUT2D eigenvalue weighted by Gasteiger charge is 2.32. The molecule has 2 amide bonds. The first-order valence-electron chi connectivity index (χ1n) is 5.92. The molecule has 2 heterocycles. The highest BCUT2D eigenvalue weighted by molar-refractivity contribution is 5.89. The molecule has 2 N–H and O–H groups in total. The van der Waals surface area contributed by atoms with Crippen molar-refractivity contribution in [1.82, 2.24) is 15.5 Å². The highest BCUT2D eigenvalue weighted by Crippen LogP contribution is 2.16. The first-order valence-corrected chi connectivity index (χ1v) is 5.92. The molecule has 2 atom stereocenters. The maximum absolute atomic E-state index is 11.9. The second-order valence-corrected chi connectivity index (χ2v) is 4.73. The fourth-order valence-corrected chi connectivity index (χ4v) is 2.33. The van der Waals surface area contributed by atoms with Crippen LogP contribution < -0.4 is 10.6 Å². The molecule has 6 heteroatoms. The van der Waals surface area contributed by atoms with E-state index in [1.165, 1.54) is 0 Å². The van der Waals surface area contributed by atoms with Crippen LogP contribution >= 0.6 is 12.4 Å². The minimum absolute atomic E-state index is 0. The topological polar surface area (TPSA) is 61.4 Å². The van der Waals surface area contributed by atoms with Crippen LogP contribution in [-0.2, 0) is 9.59 Å². The zero-order chi connectivity index (χ0) is 11.5. The number of rotatable bonds is 2. The number of hydrogen-bond donors (Lipinski definition) is 2. The number of hydrogen-bond acceptors (Lipinski definition) is 3. The molecule has 0 aromatic rings. The highest BCUT2D eigenvalue weighted by atomic mass is 35.5. The Hall–Kier alpha value is -0.810. The lowest BCUT2D eigenvalue weighted by Gasteiger charge is -2.25. The van der Waals surface area contributed by atoms with Crippen molar-refractivity contribution in [2.24, 2.45) is 5.92 Å². The lowest BCUT2D eigenvalue weighted by atomic mass is 10.0. The largest absolute Gasteiger partial charge is 0.352 e. The van der Waals surface area contributed by atoms with Crippen LogP contribution in [-0.4, -0.2) is 49.4 Å². The van der Waals surface area contributed by atoms with E-state index in [9.17, 15) is 9.59 Å². The van der Waals surface area contributed by atoms with Gasteiger partial charge in [-0.05, 0) is 19.4 Å². The van der Waals surface area contributed by atoms with Gasteiger partial charge in [0.2, 0.25) is 11.8 Å². The number of nitrogens with zero attached hydrogens (tertiary/aromatic N) is 1. The molecule has 0 aromatic carbocycles. The quantitative estimate of drug-likeness (QED) is 0.721. The molecule has 98 valence electrons. The molecule has 5 nitrogen and oxygen atoms in total. The Labute approximate surface area is 108 Å². The third-order valence-corrected chi connectivity index (χ3v) is 3.36. The van der Waals surface area contributed by atoms with Gasteiger partial charge in [0, 0.05) is 32.6 Å². The SMILES string of the molecule is CN1CC(C(=O)N[C@H]2CCCNC2)CC1=O.Cl. The fourth-order valence-electron chi connectivity index (χ4n) is 2.33. The van der Waals surface area contributed by atoms with Gasteiger partial charge in [-0.3, -0.25) is 9.59 Å². The van der Waals surface area contributed by atoms with Gasteiger partial charge in [0.05, 0.1) is 5.92 Å². The van der Waals surface area contributed by atoms with Gasteiger partial charge in [0.1, 0.15) is 0 Å². The number of nitrogens with one attached hydrogen (secondary N) is 2. The standard InChI is InChI=1S/C11H19N3O2.ClH/c1-14-7-8(5-10(14)15)11(16)13-9-3-2-4-12-6-9;/h8-9,12H,2-7H2,1H3,(H,13,16);1H/t8?,9-;/m0./s1. The molecule has 0 saturated carbocycles. The Morgan fingerprint density at radius 3 is 2.82 bits per heavy atom. The number of piperidine rings is 1. The molecule has 2 rings (SSSR count). The number of carbonyl (C=O) groups excluding carboxylic acids is 2. The van der Waals surface area contributed by atoms with Crippen molar-refractivity contribution in [3.05, 3.63) is 0 Å². The maximum Gasteiger partial charge on any atom is 0.225 e. The molecule has 2 aliphatic heterocycles. The number of likely N-dealkylation sites (tertiary alicyclic amines) is 1. The van der Waals surface area contributed by atoms with Gasteiger partial charge in [0.15, 0.2) is 0 Å². The van der Waals surface area contributed by atoms with E-state index in [0.717, 1.165) is 25.9 Å². The maximum atomic E-state index is 11.9. The minimum atomic E-state index is -0.153. The van der Waals surface area contributed by atoms with Crippen LogP contribution in [0.1, 0.15) is 19.3 Å². The Morgan fingerprint density at radius 2 is 2.29 bits per heavy atom. The zero-order valence-corrected chi connectivity index (χ0v) is 10.9. The second-order valence-electron chi connectivity index (χ2n) is 4.73. The molecule has 1 unspecified atom stereocenters. The molecule has 2 aliphatic rings. The van der Waals surface area contributed by atoms with Crippen molar-refractivity contribution in [2.75, 3.05) is 26.7 Å². The van der Waals surface area contributed by atoms with E-state index in [4.69, 9.17) is 0 Å². The average Bonchev–Trinajstić information content (AvgIpc) is 2.61. The van der Waals surface area contributed by atoms with Crippen LogP contribution in [0.25, 0.3) is 0 Å². The van der Waals surface area contributed by atoms with Crippen LogP contribution in [0.15, 0.2) is 0 Å². The van der Waals surface area contributed by atoms with Gasteiger partial charge in [-0.2, -0.15) is 0 Å². The van der Waals surface area contributed by atoms with Crippen LogP contribution in [0.2, 0.25) is 0 Å².